The van der Waals surface area contributed by atoms with Gasteiger partial charge in [0.1, 0.15) is 12.1 Å². The standard InChI is InChI=1S/C8H9N5/c1-6-2-3-13(12-6)8-4-7(9)10-5-11-8/h2-5H,1H3,(H2,9,10,11). The van der Waals surface area contributed by atoms with E-state index >= 15 is 0 Å². The van der Waals surface area contributed by atoms with Crippen LogP contribution in [0.4, 0.5) is 5.82 Å². The van der Waals surface area contributed by atoms with Crippen molar-refractivity contribution in [3.05, 3.63) is 30.4 Å². The number of nitrogen functional groups attached to an aromatic ring is 1. The molecule has 0 bridgehead atoms. The summed E-state index contributed by atoms with van der Waals surface area (Å²) in [5.41, 5.74) is 6.45. The average molecular weight is 175 g/mol. The summed E-state index contributed by atoms with van der Waals surface area (Å²) >= 11 is 0. The van der Waals surface area contributed by atoms with Gasteiger partial charge in [-0.2, -0.15) is 5.10 Å². The number of anilines is 1. The van der Waals surface area contributed by atoms with Crippen LogP contribution in [0.5, 0.6) is 0 Å². The quantitative estimate of drug-likeness (QED) is 0.687. The Balaban J connectivity index is 2.46. The number of hydrogen-bond donors (Lipinski definition) is 1. The molecule has 2 aromatic rings. The predicted octanol–water partition coefficient (Wildman–Crippen LogP) is 0.553. The molecule has 0 spiro atoms. The number of aryl methyl sites for hydroxylation is 1. The summed E-state index contributed by atoms with van der Waals surface area (Å²) in [5, 5.41) is 4.19. The fraction of sp³-hybridized carbons (Fsp3) is 0.125. The molecule has 13 heavy (non-hydrogen) atoms. The second kappa shape index (κ2) is 2.85. The first kappa shape index (κ1) is 7.72. The van der Waals surface area contributed by atoms with Gasteiger partial charge in [-0.3, -0.25) is 0 Å². The van der Waals surface area contributed by atoms with Crippen LogP contribution in [0.15, 0.2) is 24.7 Å². The van der Waals surface area contributed by atoms with Gasteiger partial charge in [-0.05, 0) is 13.0 Å². The molecule has 2 N–H and O–H groups in total. The number of hydrogen-bond acceptors (Lipinski definition) is 4. The third kappa shape index (κ3) is 1.48. The highest BCUT2D eigenvalue weighted by Crippen LogP contribution is 2.05. The Bertz CT molecular complexity index is 420. The second-order valence-electron chi connectivity index (χ2n) is 2.70. The van der Waals surface area contributed by atoms with E-state index in [0.29, 0.717) is 11.6 Å². The minimum atomic E-state index is 0.443. The molecule has 2 heterocycles. The summed E-state index contributed by atoms with van der Waals surface area (Å²) < 4.78 is 1.66. The minimum Gasteiger partial charge on any atom is -0.384 e. The Morgan fingerprint density at radius 2 is 2.23 bits per heavy atom. The summed E-state index contributed by atoms with van der Waals surface area (Å²) in [7, 11) is 0. The van der Waals surface area contributed by atoms with Crippen LogP contribution < -0.4 is 5.73 Å². The lowest BCUT2D eigenvalue weighted by atomic mass is 10.5. The third-order valence-electron chi connectivity index (χ3n) is 1.63. The van der Waals surface area contributed by atoms with Crippen LogP contribution in [-0.4, -0.2) is 19.7 Å². The van der Waals surface area contributed by atoms with E-state index in [2.05, 4.69) is 15.1 Å². The van der Waals surface area contributed by atoms with Crippen molar-refractivity contribution in [2.24, 2.45) is 0 Å². The lowest BCUT2D eigenvalue weighted by molar-refractivity contribution is 0.827. The van der Waals surface area contributed by atoms with E-state index in [1.165, 1.54) is 6.33 Å². The molecule has 66 valence electrons. The van der Waals surface area contributed by atoms with Crippen LogP contribution in [0.1, 0.15) is 5.69 Å². The summed E-state index contributed by atoms with van der Waals surface area (Å²) in [6, 6.07) is 3.57. The van der Waals surface area contributed by atoms with Gasteiger partial charge in [-0.1, -0.05) is 0 Å². The van der Waals surface area contributed by atoms with E-state index in [1.807, 2.05) is 19.2 Å². The number of aromatic nitrogens is 4. The smallest absolute Gasteiger partial charge is 0.158 e. The molecular weight excluding hydrogens is 166 g/mol. The molecule has 5 nitrogen and oxygen atoms in total. The van der Waals surface area contributed by atoms with Crippen molar-refractivity contribution in [2.45, 2.75) is 6.92 Å². The first-order chi connectivity index (χ1) is 6.25. The van der Waals surface area contributed by atoms with Crippen molar-refractivity contribution in [1.82, 2.24) is 19.7 Å². The minimum absolute atomic E-state index is 0.443. The molecule has 5 heteroatoms. The maximum atomic E-state index is 5.51. The number of rotatable bonds is 1. The van der Waals surface area contributed by atoms with E-state index in [9.17, 15) is 0 Å². The molecule has 0 atom stereocenters. The van der Waals surface area contributed by atoms with Crippen LogP contribution in [-0.2, 0) is 0 Å². The maximum absolute atomic E-state index is 5.51. The van der Waals surface area contributed by atoms with Gasteiger partial charge < -0.3 is 5.73 Å². The molecule has 0 unspecified atom stereocenters. The van der Waals surface area contributed by atoms with Gasteiger partial charge in [0.05, 0.1) is 5.69 Å². The van der Waals surface area contributed by atoms with Crippen LogP contribution in [0, 0.1) is 6.92 Å². The molecule has 0 aliphatic heterocycles. The summed E-state index contributed by atoms with van der Waals surface area (Å²) in [6.45, 7) is 1.92. The molecule has 0 fully saturated rings. The van der Waals surface area contributed by atoms with Crippen LogP contribution in [0.2, 0.25) is 0 Å². The molecule has 0 saturated carbocycles. The first-order valence-corrected chi connectivity index (χ1v) is 3.86. The fourth-order valence-corrected chi connectivity index (χ4v) is 1.03. The van der Waals surface area contributed by atoms with Gasteiger partial charge in [0.2, 0.25) is 0 Å². The van der Waals surface area contributed by atoms with E-state index in [4.69, 9.17) is 5.73 Å². The highest BCUT2D eigenvalue weighted by molar-refractivity contribution is 5.35. The van der Waals surface area contributed by atoms with Gasteiger partial charge >= 0.3 is 0 Å². The highest BCUT2D eigenvalue weighted by atomic mass is 15.3. The Kier molecular flexibility index (Phi) is 1.70. The molecule has 2 rings (SSSR count). The molecule has 0 aliphatic carbocycles. The lowest BCUT2D eigenvalue weighted by Gasteiger charge is -1.99. The Labute approximate surface area is 75.2 Å². The van der Waals surface area contributed by atoms with Crippen LogP contribution in [0.3, 0.4) is 0 Å². The third-order valence-corrected chi connectivity index (χ3v) is 1.63. The lowest BCUT2D eigenvalue weighted by Crippen LogP contribution is -2.00. The summed E-state index contributed by atoms with van der Waals surface area (Å²) in [4.78, 5) is 7.83. The molecule has 0 radical (unpaired) electrons. The van der Waals surface area contributed by atoms with Gasteiger partial charge in [-0.25, -0.2) is 14.6 Å². The Hall–Kier alpha value is -1.91. The molecule has 0 saturated heterocycles. The molecule has 0 aliphatic rings. The van der Waals surface area contributed by atoms with E-state index in [0.717, 1.165) is 5.69 Å². The van der Waals surface area contributed by atoms with Gasteiger partial charge in [0.15, 0.2) is 5.82 Å². The number of nitrogens with two attached hydrogens (primary N) is 1. The van der Waals surface area contributed by atoms with Gasteiger partial charge in [0, 0.05) is 12.3 Å². The van der Waals surface area contributed by atoms with E-state index < -0.39 is 0 Å². The molecule has 0 aromatic carbocycles. The molecular formula is C8H9N5. The van der Waals surface area contributed by atoms with Crippen LogP contribution >= 0.6 is 0 Å². The van der Waals surface area contributed by atoms with E-state index in [1.54, 1.807) is 10.7 Å². The van der Waals surface area contributed by atoms with E-state index in [-0.39, 0.29) is 0 Å². The molecule has 0 amide bonds. The van der Waals surface area contributed by atoms with Crippen molar-refractivity contribution in [3.8, 4) is 5.82 Å². The number of nitrogens with zero attached hydrogens (tertiary/aromatic N) is 4. The Morgan fingerprint density at radius 1 is 1.38 bits per heavy atom. The summed E-state index contributed by atoms with van der Waals surface area (Å²) in [5.74, 6) is 1.12. The Morgan fingerprint density at radius 3 is 2.85 bits per heavy atom. The largest absolute Gasteiger partial charge is 0.384 e. The topological polar surface area (TPSA) is 69.6 Å². The SMILES string of the molecule is Cc1ccn(-c2cc(N)ncn2)n1. The van der Waals surface area contributed by atoms with Crippen LogP contribution in [0.25, 0.3) is 5.82 Å². The predicted molar refractivity (Wildman–Crippen MR) is 48.3 cm³/mol. The van der Waals surface area contributed by atoms with Gasteiger partial charge in [0.25, 0.3) is 0 Å². The molecule has 2 aromatic heterocycles. The van der Waals surface area contributed by atoms with Crippen molar-refractivity contribution in [1.29, 1.82) is 0 Å². The first-order valence-electron chi connectivity index (χ1n) is 3.86. The monoisotopic (exact) mass is 175 g/mol. The normalized spacial score (nSPS) is 10.2. The zero-order valence-corrected chi connectivity index (χ0v) is 7.18. The van der Waals surface area contributed by atoms with Crippen molar-refractivity contribution < 1.29 is 0 Å². The summed E-state index contributed by atoms with van der Waals surface area (Å²) in [6.07, 6.45) is 3.25. The van der Waals surface area contributed by atoms with Crippen molar-refractivity contribution >= 4 is 5.82 Å². The zero-order chi connectivity index (χ0) is 9.26. The highest BCUT2D eigenvalue weighted by Gasteiger charge is 1.99. The maximum Gasteiger partial charge on any atom is 0.158 e. The van der Waals surface area contributed by atoms with Crippen molar-refractivity contribution in [2.75, 3.05) is 5.73 Å². The van der Waals surface area contributed by atoms with Crippen molar-refractivity contribution in [3.63, 3.8) is 0 Å². The zero-order valence-electron chi connectivity index (χ0n) is 7.18. The second-order valence-corrected chi connectivity index (χ2v) is 2.70. The van der Waals surface area contributed by atoms with Gasteiger partial charge in [-0.15, -0.1) is 0 Å². The fourth-order valence-electron chi connectivity index (χ4n) is 1.03. The average Bonchev–Trinajstić information content (AvgIpc) is 2.52.